The Morgan fingerprint density at radius 3 is 2.45 bits per heavy atom. The second-order valence-electron chi connectivity index (χ2n) is 5.59. The summed E-state index contributed by atoms with van der Waals surface area (Å²) in [6.45, 7) is 6.06. The number of benzene rings is 1. The van der Waals surface area contributed by atoms with Crippen LogP contribution in [0.25, 0.3) is 0 Å². The van der Waals surface area contributed by atoms with Crippen LogP contribution in [-0.4, -0.2) is 61.6 Å². The molecule has 124 valence electrons. The van der Waals surface area contributed by atoms with Gasteiger partial charge in [-0.1, -0.05) is 24.6 Å². The van der Waals surface area contributed by atoms with Gasteiger partial charge in [-0.2, -0.15) is 4.31 Å². The van der Waals surface area contributed by atoms with Gasteiger partial charge in [0.2, 0.25) is 10.0 Å². The number of piperazine rings is 1. The standard InChI is InChI=1S/C15H23ClN2O3S/c1-3-14(11-19)17-6-8-18(9-7-17)22(20,21)15-10-13(16)5-4-12(15)2/h4-5,10,14,19H,3,6-9,11H2,1-2H3. The van der Waals surface area contributed by atoms with Crippen molar-refractivity contribution in [1.29, 1.82) is 0 Å². The molecule has 7 heteroatoms. The fraction of sp³-hybridized carbons (Fsp3) is 0.600. The van der Waals surface area contributed by atoms with E-state index in [4.69, 9.17) is 11.6 Å². The normalized spacial score (nSPS) is 19.3. The van der Waals surface area contributed by atoms with Crippen LogP contribution < -0.4 is 0 Å². The van der Waals surface area contributed by atoms with E-state index in [9.17, 15) is 13.5 Å². The Hall–Kier alpha value is -0.660. The van der Waals surface area contributed by atoms with E-state index in [1.165, 1.54) is 10.4 Å². The van der Waals surface area contributed by atoms with E-state index < -0.39 is 10.0 Å². The SMILES string of the molecule is CCC(CO)N1CCN(S(=O)(=O)c2cc(Cl)ccc2C)CC1. The number of halogens is 1. The zero-order chi connectivity index (χ0) is 16.3. The minimum Gasteiger partial charge on any atom is -0.395 e. The topological polar surface area (TPSA) is 60.9 Å². The molecule has 2 rings (SSSR count). The lowest BCUT2D eigenvalue weighted by atomic mass is 10.2. The van der Waals surface area contributed by atoms with E-state index in [0.717, 1.165) is 6.42 Å². The molecule has 0 bridgehead atoms. The van der Waals surface area contributed by atoms with Gasteiger partial charge < -0.3 is 5.11 Å². The van der Waals surface area contributed by atoms with Crippen molar-refractivity contribution < 1.29 is 13.5 Å². The summed E-state index contributed by atoms with van der Waals surface area (Å²) in [6, 6.07) is 5.05. The highest BCUT2D eigenvalue weighted by atomic mass is 35.5. The molecule has 1 atom stereocenters. The molecule has 1 unspecified atom stereocenters. The average Bonchev–Trinajstić information content (AvgIpc) is 2.51. The van der Waals surface area contributed by atoms with Gasteiger partial charge in [-0.25, -0.2) is 8.42 Å². The molecule has 1 aromatic rings. The highest BCUT2D eigenvalue weighted by molar-refractivity contribution is 7.89. The fourth-order valence-corrected chi connectivity index (χ4v) is 4.71. The Morgan fingerprint density at radius 1 is 1.27 bits per heavy atom. The van der Waals surface area contributed by atoms with E-state index in [1.54, 1.807) is 19.1 Å². The Balaban J connectivity index is 2.14. The highest BCUT2D eigenvalue weighted by Gasteiger charge is 2.31. The predicted molar refractivity (Wildman–Crippen MR) is 87.7 cm³/mol. The first kappa shape index (κ1) is 17.7. The monoisotopic (exact) mass is 346 g/mol. The summed E-state index contributed by atoms with van der Waals surface area (Å²) >= 11 is 5.95. The summed E-state index contributed by atoms with van der Waals surface area (Å²) in [5.74, 6) is 0. The Bertz CT molecular complexity index is 609. The van der Waals surface area contributed by atoms with Gasteiger partial charge in [-0.3, -0.25) is 4.90 Å². The largest absolute Gasteiger partial charge is 0.395 e. The van der Waals surface area contributed by atoms with Crippen molar-refractivity contribution in [1.82, 2.24) is 9.21 Å². The van der Waals surface area contributed by atoms with Gasteiger partial charge in [0.1, 0.15) is 0 Å². The molecule has 1 aromatic carbocycles. The van der Waals surface area contributed by atoms with Crippen LogP contribution in [0.15, 0.2) is 23.1 Å². The Morgan fingerprint density at radius 2 is 1.91 bits per heavy atom. The molecular weight excluding hydrogens is 324 g/mol. The number of nitrogens with zero attached hydrogens (tertiary/aromatic N) is 2. The minimum absolute atomic E-state index is 0.108. The molecule has 1 fully saturated rings. The maximum atomic E-state index is 12.8. The molecule has 0 saturated carbocycles. The van der Waals surface area contributed by atoms with Crippen LogP contribution in [0, 0.1) is 6.92 Å². The number of rotatable bonds is 5. The molecule has 0 radical (unpaired) electrons. The van der Waals surface area contributed by atoms with Gasteiger partial charge >= 0.3 is 0 Å². The van der Waals surface area contributed by atoms with Crippen LogP contribution in [0.1, 0.15) is 18.9 Å². The molecule has 0 aliphatic carbocycles. The van der Waals surface area contributed by atoms with Gasteiger partial charge in [0, 0.05) is 37.2 Å². The number of hydrogen-bond acceptors (Lipinski definition) is 4. The van der Waals surface area contributed by atoms with Crippen molar-refractivity contribution in [2.45, 2.75) is 31.2 Å². The van der Waals surface area contributed by atoms with Crippen molar-refractivity contribution in [2.75, 3.05) is 32.8 Å². The molecule has 1 aliphatic rings. The number of aliphatic hydroxyl groups is 1. The lowest BCUT2D eigenvalue weighted by Gasteiger charge is -2.37. The van der Waals surface area contributed by atoms with Crippen molar-refractivity contribution in [3.8, 4) is 0 Å². The second-order valence-corrected chi connectivity index (χ2v) is 7.94. The third-order valence-electron chi connectivity index (χ3n) is 4.24. The third kappa shape index (κ3) is 3.63. The first-order chi connectivity index (χ1) is 10.4. The lowest BCUT2D eigenvalue weighted by molar-refractivity contribution is 0.0881. The zero-order valence-electron chi connectivity index (χ0n) is 13.0. The van der Waals surface area contributed by atoms with Crippen molar-refractivity contribution >= 4 is 21.6 Å². The summed E-state index contributed by atoms with van der Waals surface area (Å²) in [5, 5.41) is 9.79. The van der Waals surface area contributed by atoms with E-state index >= 15 is 0 Å². The maximum Gasteiger partial charge on any atom is 0.243 e. The molecule has 0 spiro atoms. The predicted octanol–water partition coefficient (Wildman–Crippen LogP) is 1.73. The summed E-state index contributed by atoms with van der Waals surface area (Å²) in [4.78, 5) is 2.43. The number of sulfonamides is 1. The van der Waals surface area contributed by atoms with Crippen molar-refractivity contribution in [2.24, 2.45) is 0 Å². The summed E-state index contributed by atoms with van der Waals surface area (Å²) in [5.41, 5.74) is 0.702. The first-order valence-electron chi connectivity index (χ1n) is 7.51. The van der Waals surface area contributed by atoms with Crippen LogP contribution >= 0.6 is 11.6 Å². The molecule has 1 saturated heterocycles. The van der Waals surface area contributed by atoms with Crippen LogP contribution in [0.4, 0.5) is 0 Å². The van der Waals surface area contributed by atoms with E-state index in [1.807, 2.05) is 6.92 Å². The highest BCUT2D eigenvalue weighted by Crippen LogP contribution is 2.24. The van der Waals surface area contributed by atoms with Gasteiger partial charge in [0.05, 0.1) is 11.5 Å². The third-order valence-corrected chi connectivity index (χ3v) is 6.52. The summed E-state index contributed by atoms with van der Waals surface area (Å²) < 4.78 is 27.1. The Kier molecular flexibility index (Phi) is 5.85. The molecule has 22 heavy (non-hydrogen) atoms. The molecular formula is C15H23ClN2O3S. The van der Waals surface area contributed by atoms with E-state index in [0.29, 0.717) is 36.8 Å². The van der Waals surface area contributed by atoms with E-state index in [-0.39, 0.29) is 17.5 Å². The van der Waals surface area contributed by atoms with Gasteiger partial charge in [-0.15, -0.1) is 0 Å². The minimum atomic E-state index is -3.52. The zero-order valence-corrected chi connectivity index (χ0v) is 14.6. The molecule has 5 nitrogen and oxygen atoms in total. The number of aliphatic hydroxyl groups excluding tert-OH is 1. The second kappa shape index (κ2) is 7.27. The molecule has 1 aliphatic heterocycles. The summed E-state index contributed by atoms with van der Waals surface area (Å²) in [7, 11) is -3.52. The fourth-order valence-electron chi connectivity index (χ4n) is 2.80. The molecule has 1 heterocycles. The smallest absolute Gasteiger partial charge is 0.243 e. The molecule has 0 amide bonds. The van der Waals surface area contributed by atoms with Crippen molar-refractivity contribution in [3.05, 3.63) is 28.8 Å². The van der Waals surface area contributed by atoms with E-state index in [2.05, 4.69) is 4.90 Å². The molecule has 0 aromatic heterocycles. The van der Waals surface area contributed by atoms with Gasteiger partial charge in [0.15, 0.2) is 0 Å². The van der Waals surface area contributed by atoms with Gasteiger partial charge in [-0.05, 0) is 31.0 Å². The number of hydrogen-bond donors (Lipinski definition) is 1. The molecule has 1 N–H and O–H groups in total. The average molecular weight is 347 g/mol. The lowest BCUT2D eigenvalue weighted by Crippen LogP contribution is -2.52. The summed E-state index contributed by atoms with van der Waals surface area (Å²) in [6.07, 6.45) is 0.858. The van der Waals surface area contributed by atoms with Crippen LogP contribution in [-0.2, 0) is 10.0 Å². The number of aryl methyl sites for hydroxylation is 1. The van der Waals surface area contributed by atoms with Gasteiger partial charge in [0.25, 0.3) is 0 Å². The Labute approximate surface area is 137 Å². The van der Waals surface area contributed by atoms with Crippen LogP contribution in [0.2, 0.25) is 5.02 Å². The van der Waals surface area contributed by atoms with Crippen molar-refractivity contribution in [3.63, 3.8) is 0 Å². The maximum absolute atomic E-state index is 12.8. The first-order valence-corrected chi connectivity index (χ1v) is 9.33. The van der Waals surface area contributed by atoms with Crippen LogP contribution in [0.3, 0.4) is 0 Å². The quantitative estimate of drug-likeness (QED) is 0.882. The van der Waals surface area contributed by atoms with Crippen LogP contribution in [0.5, 0.6) is 0 Å².